The first-order chi connectivity index (χ1) is 8.42. The highest BCUT2D eigenvalue weighted by Crippen LogP contribution is 2.15. The molecule has 4 heteroatoms. The van der Waals surface area contributed by atoms with E-state index in [1.165, 1.54) is 0 Å². The molecule has 1 aromatic heterocycles. The summed E-state index contributed by atoms with van der Waals surface area (Å²) in [4.78, 5) is 0. The van der Waals surface area contributed by atoms with Crippen LogP contribution in [0.25, 0.3) is 0 Å². The van der Waals surface area contributed by atoms with E-state index in [1.807, 2.05) is 10.9 Å². The molecule has 0 saturated carbocycles. The molecule has 104 valence electrons. The van der Waals surface area contributed by atoms with E-state index in [9.17, 15) is 0 Å². The van der Waals surface area contributed by atoms with Gasteiger partial charge in [0, 0.05) is 5.54 Å². The predicted molar refractivity (Wildman–Crippen MR) is 75.1 cm³/mol. The van der Waals surface area contributed by atoms with Crippen molar-refractivity contribution in [2.24, 2.45) is 0 Å². The van der Waals surface area contributed by atoms with Crippen molar-refractivity contribution in [1.82, 2.24) is 15.1 Å². The molecular weight excluding hydrogens is 226 g/mol. The molecule has 0 radical (unpaired) electrons. The second kappa shape index (κ2) is 6.78. The van der Waals surface area contributed by atoms with Crippen molar-refractivity contribution in [3.8, 4) is 5.75 Å². The Bertz CT molecular complexity index is 341. The van der Waals surface area contributed by atoms with Gasteiger partial charge in [-0.25, -0.2) is 0 Å². The van der Waals surface area contributed by atoms with E-state index >= 15 is 0 Å². The lowest BCUT2D eigenvalue weighted by molar-refractivity contribution is 0.316. The van der Waals surface area contributed by atoms with Crippen LogP contribution in [-0.2, 0) is 0 Å². The molecule has 18 heavy (non-hydrogen) atoms. The Morgan fingerprint density at radius 2 is 2.17 bits per heavy atom. The van der Waals surface area contributed by atoms with E-state index in [0.29, 0.717) is 6.04 Å². The first-order valence-corrected chi connectivity index (χ1v) is 6.84. The minimum Gasteiger partial charge on any atom is -0.490 e. The molecule has 1 aromatic rings. The third-order valence-corrected chi connectivity index (χ3v) is 2.72. The summed E-state index contributed by atoms with van der Waals surface area (Å²) in [6.45, 7) is 12.6. The van der Waals surface area contributed by atoms with Crippen LogP contribution >= 0.6 is 0 Å². The Hall–Kier alpha value is -1.03. The maximum Gasteiger partial charge on any atom is 0.157 e. The fourth-order valence-electron chi connectivity index (χ4n) is 1.64. The van der Waals surface area contributed by atoms with Gasteiger partial charge < -0.3 is 10.1 Å². The number of aromatic nitrogens is 2. The van der Waals surface area contributed by atoms with Crippen LogP contribution in [0.4, 0.5) is 0 Å². The van der Waals surface area contributed by atoms with Crippen LogP contribution in [0.3, 0.4) is 0 Å². The lowest BCUT2D eigenvalue weighted by atomic mass is 10.1. The molecular formula is C14H27N3O. The maximum atomic E-state index is 5.55. The number of hydrogen-bond donors (Lipinski definition) is 1. The average Bonchev–Trinajstić information content (AvgIpc) is 2.73. The molecule has 0 saturated heterocycles. The molecule has 1 unspecified atom stereocenters. The second-order valence-corrected chi connectivity index (χ2v) is 5.82. The van der Waals surface area contributed by atoms with Crippen molar-refractivity contribution in [1.29, 1.82) is 0 Å². The molecule has 0 spiro atoms. The van der Waals surface area contributed by atoms with Crippen LogP contribution in [0.5, 0.6) is 5.75 Å². The summed E-state index contributed by atoms with van der Waals surface area (Å²) in [6, 6.07) is 0.388. The summed E-state index contributed by atoms with van der Waals surface area (Å²) in [5.41, 5.74) is 0.180. The Balaban J connectivity index is 2.37. The Morgan fingerprint density at radius 1 is 1.44 bits per heavy atom. The minimum absolute atomic E-state index is 0.180. The predicted octanol–water partition coefficient (Wildman–Crippen LogP) is 3.01. The van der Waals surface area contributed by atoms with Gasteiger partial charge in [0.25, 0.3) is 0 Å². The quantitative estimate of drug-likeness (QED) is 0.812. The van der Waals surface area contributed by atoms with Crippen LogP contribution in [-0.4, -0.2) is 28.5 Å². The minimum atomic E-state index is 0.180. The molecule has 0 fully saturated rings. The van der Waals surface area contributed by atoms with Gasteiger partial charge in [0.05, 0.1) is 25.0 Å². The molecule has 1 rings (SSSR count). The first kappa shape index (κ1) is 15.0. The van der Waals surface area contributed by atoms with Gasteiger partial charge in [-0.1, -0.05) is 6.92 Å². The molecule has 0 bridgehead atoms. The summed E-state index contributed by atoms with van der Waals surface area (Å²) in [6.07, 6.45) is 5.86. The van der Waals surface area contributed by atoms with E-state index in [4.69, 9.17) is 4.74 Å². The fourth-order valence-corrected chi connectivity index (χ4v) is 1.64. The average molecular weight is 253 g/mol. The normalized spacial score (nSPS) is 13.6. The van der Waals surface area contributed by atoms with Gasteiger partial charge >= 0.3 is 0 Å². The number of rotatable bonds is 7. The third kappa shape index (κ3) is 5.54. The molecule has 1 atom stereocenters. The van der Waals surface area contributed by atoms with Gasteiger partial charge in [-0.05, 0) is 47.1 Å². The van der Waals surface area contributed by atoms with Gasteiger partial charge in [-0.3, -0.25) is 4.68 Å². The van der Waals surface area contributed by atoms with E-state index < -0.39 is 0 Å². The topological polar surface area (TPSA) is 39.1 Å². The molecule has 0 aliphatic rings. The standard InChI is InChI=1S/C14H27N3O/c1-6-9-18-13-10-16-17(11-13)12(2)7-8-15-14(3,4)5/h10-12,15H,6-9H2,1-5H3. The van der Waals surface area contributed by atoms with E-state index in [2.05, 4.69) is 45.0 Å². The van der Waals surface area contributed by atoms with Gasteiger partial charge in [0.15, 0.2) is 5.75 Å². The molecule has 0 aliphatic carbocycles. The Labute approximate surface area is 111 Å². The number of ether oxygens (including phenoxy) is 1. The second-order valence-electron chi connectivity index (χ2n) is 5.82. The van der Waals surface area contributed by atoms with Gasteiger partial charge in [0.2, 0.25) is 0 Å². The van der Waals surface area contributed by atoms with E-state index in [1.54, 1.807) is 6.20 Å². The molecule has 1 N–H and O–H groups in total. The van der Waals surface area contributed by atoms with Crippen molar-refractivity contribution in [3.63, 3.8) is 0 Å². The first-order valence-electron chi connectivity index (χ1n) is 6.84. The molecule has 0 aliphatic heterocycles. The highest BCUT2D eigenvalue weighted by atomic mass is 16.5. The third-order valence-electron chi connectivity index (χ3n) is 2.72. The summed E-state index contributed by atoms with van der Waals surface area (Å²) < 4.78 is 7.53. The van der Waals surface area contributed by atoms with Gasteiger partial charge in [-0.15, -0.1) is 0 Å². The fraction of sp³-hybridized carbons (Fsp3) is 0.786. The van der Waals surface area contributed by atoms with Crippen molar-refractivity contribution >= 4 is 0 Å². The van der Waals surface area contributed by atoms with Crippen molar-refractivity contribution < 1.29 is 4.74 Å². The van der Waals surface area contributed by atoms with Crippen LogP contribution < -0.4 is 10.1 Å². The zero-order valence-electron chi connectivity index (χ0n) is 12.4. The highest BCUT2D eigenvalue weighted by molar-refractivity contribution is 5.11. The summed E-state index contributed by atoms with van der Waals surface area (Å²) in [7, 11) is 0. The smallest absolute Gasteiger partial charge is 0.157 e. The largest absolute Gasteiger partial charge is 0.490 e. The molecule has 0 aromatic carbocycles. The zero-order valence-corrected chi connectivity index (χ0v) is 12.4. The molecule has 0 amide bonds. The van der Waals surface area contributed by atoms with Gasteiger partial charge in [0.1, 0.15) is 0 Å². The Kier molecular flexibility index (Phi) is 5.66. The van der Waals surface area contributed by atoms with E-state index in [-0.39, 0.29) is 5.54 Å². The van der Waals surface area contributed by atoms with Crippen LogP contribution in [0, 0.1) is 0 Å². The van der Waals surface area contributed by atoms with Crippen LogP contribution in [0.1, 0.15) is 53.5 Å². The van der Waals surface area contributed by atoms with E-state index in [0.717, 1.165) is 31.7 Å². The maximum absolute atomic E-state index is 5.55. The summed E-state index contributed by atoms with van der Waals surface area (Å²) >= 11 is 0. The number of nitrogens with zero attached hydrogens (tertiary/aromatic N) is 2. The van der Waals surface area contributed by atoms with Crippen LogP contribution in [0.2, 0.25) is 0 Å². The van der Waals surface area contributed by atoms with Crippen molar-refractivity contribution in [3.05, 3.63) is 12.4 Å². The summed E-state index contributed by atoms with van der Waals surface area (Å²) in [5.74, 6) is 0.868. The van der Waals surface area contributed by atoms with Gasteiger partial charge in [-0.2, -0.15) is 5.10 Å². The highest BCUT2D eigenvalue weighted by Gasteiger charge is 2.11. The Morgan fingerprint density at radius 3 is 2.78 bits per heavy atom. The zero-order chi connectivity index (χ0) is 13.6. The van der Waals surface area contributed by atoms with Crippen molar-refractivity contribution in [2.75, 3.05) is 13.2 Å². The molecule has 1 heterocycles. The SMILES string of the molecule is CCCOc1cnn(C(C)CCNC(C)(C)C)c1. The lowest BCUT2D eigenvalue weighted by Gasteiger charge is -2.22. The summed E-state index contributed by atoms with van der Waals surface area (Å²) in [5, 5.41) is 7.84. The van der Waals surface area contributed by atoms with Crippen molar-refractivity contribution in [2.45, 2.75) is 59.0 Å². The monoisotopic (exact) mass is 253 g/mol. The lowest BCUT2D eigenvalue weighted by Crippen LogP contribution is -2.37. The number of nitrogens with one attached hydrogen (secondary N) is 1. The number of hydrogen-bond acceptors (Lipinski definition) is 3. The van der Waals surface area contributed by atoms with Crippen LogP contribution in [0.15, 0.2) is 12.4 Å². The molecule has 4 nitrogen and oxygen atoms in total.